The van der Waals surface area contributed by atoms with Crippen LogP contribution in [0.5, 0.6) is 0 Å². The summed E-state index contributed by atoms with van der Waals surface area (Å²) < 4.78 is 6.87. The highest BCUT2D eigenvalue weighted by molar-refractivity contribution is 9.10. The summed E-state index contributed by atoms with van der Waals surface area (Å²) in [6.45, 7) is 5.32. The van der Waals surface area contributed by atoms with Gasteiger partial charge in [0.15, 0.2) is 0 Å². The standard InChI is InChI=1S/C16H19BrClNO/c1-3-9-19-14(4-2)16-8-7-15(20-16)11-5-6-12(17)13(18)10-11/h5-8,10,14,19H,3-4,9H2,1-2H3. The van der Waals surface area contributed by atoms with E-state index in [0.29, 0.717) is 5.02 Å². The molecule has 0 amide bonds. The van der Waals surface area contributed by atoms with E-state index in [0.717, 1.165) is 40.9 Å². The van der Waals surface area contributed by atoms with Gasteiger partial charge in [0.05, 0.1) is 11.1 Å². The summed E-state index contributed by atoms with van der Waals surface area (Å²) in [6, 6.07) is 10.2. The van der Waals surface area contributed by atoms with Crippen LogP contribution in [0.25, 0.3) is 11.3 Å². The van der Waals surface area contributed by atoms with Gasteiger partial charge < -0.3 is 9.73 Å². The summed E-state index contributed by atoms with van der Waals surface area (Å²) in [7, 11) is 0. The molecule has 108 valence electrons. The average molecular weight is 357 g/mol. The zero-order valence-corrected chi connectivity index (χ0v) is 14.1. The molecule has 0 radical (unpaired) electrons. The molecule has 0 saturated carbocycles. The maximum Gasteiger partial charge on any atom is 0.134 e. The van der Waals surface area contributed by atoms with Crippen molar-refractivity contribution in [3.8, 4) is 11.3 Å². The largest absolute Gasteiger partial charge is 0.459 e. The maximum absolute atomic E-state index is 6.13. The number of benzene rings is 1. The highest BCUT2D eigenvalue weighted by Gasteiger charge is 2.14. The fraction of sp³-hybridized carbons (Fsp3) is 0.375. The Hall–Kier alpha value is -0.770. The predicted molar refractivity (Wildman–Crippen MR) is 88.2 cm³/mol. The van der Waals surface area contributed by atoms with E-state index in [2.05, 4.69) is 35.1 Å². The summed E-state index contributed by atoms with van der Waals surface area (Å²) >= 11 is 9.53. The molecular weight excluding hydrogens is 338 g/mol. The fourth-order valence-corrected chi connectivity index (χ4v) is 2.54. The van der Waals surface area contributed by atoms with E-state index in [-0.39, 0.29) is 6.04 Å². The second-order valence-corrected chi connectivity index (χ2v) is 6.01. The molecule has 1 unspecified atom stereocenters. The van der Waals surface area contributed by atoms with Crippen molar-refractivity contribution in [3.05, 3.63) is 45.6 Å². The van der Waals surface area contributed by atoms with Gasteiger partial charge in [-0.1, -0.05) is 31.5 Å². The third-order valence-electron chi connectivity index (χ3n) is 3.22. The first-order valence-corrected chi connectivity index (χ1v) is 8.11. The van der Waals surface area contributed by atoms with Crippen LogP contribution in [0.3, 0.4) is 0 Å². The van der Waals surface area contributed by atoms with Gasteiger partial charge in [-0.25, -0.2) is 0 Å². The third kappa shape index (κ3) is 3.66. The Morgan fingerprint density at radius 1 is 1.25 bits per heavy atom. The van der Waals surface area contributed by atoms with Crippen molar-refractivity contribution >= 4 is 27.5 Å². The van der Waals surface area contributed by atoms with Crippen LogP contribution in [0.2, 0.25) is 5.02 Å². The van der Waals surface area contributed by atoms with E-state index >= 15 is 0 Å². The Labute approximate surface area is 133 Å². The van der Waals surface area contributed by atoms with Crippen molar-refractivity contribution < 1.29 is 4.42 Å². The van der Waals surface area contributed by atoms with E-state index in [1.54, 1.807) is 0 Å². The monoisotopic (exact) mass is 355 g/mol. The van der Waals surface area contributed by atoms with Gasteiger partial charge in [0.2, 0.25) is 0 Å². The molecule has 0 bridgehead atoms. The maximum atomic E-state index is 6.13. The number of halogens is 2. The Morgan fingerprint density at radius 3 is 2.70 bits per heavy atom. The van der Waals surface area contributed by atoms with Crippen molar-refractivity contribution in [1.29, 1.82) is 0 Å². The average Bonchev–Trinajstić information content (AvgIpc) is 2.92. The first kappa shape index (κ1) is 15.6. The molecule has 1 atom stereocenters. The molecule has 2 rings (SSSR count). The van der Waals surface area contributed by atoms with Crippen molar-refractivity contribution in [2.45, 2.75) is 32.7 Å². The molecule has 0 fully saturated rings. The van der Waals surface area contributed by atoms with E-state index < -0.39 is 0 Å². The number of hydrogen-bond acceptors (Lipinski definition) is 2. The van der Waals surface area contributed by atoms with E-state index in [4.69, 9.17) is 16.0 Å². The minimum absolute atomic E-state index is 0.273. The Kier molecular flexibility index (Phi) is 5.70. The summed E-state index contributed by atoms with van der Waals surface area (Å²) in [4.78, 5) is 0. The van der Waals surface area contributed by atoms with Crippen LogP contribution < -0.4 is 5.32 Å². The zero-order valence-electron chi connectivity index (χ0n) is 11.7. The smallest absolute Gasteiger partial charge is 0.134 e. The summed E-state index contributed by atoms with van der Waals surface area (Å²) in [5, 5.41) is 4.18. The molecular formula is C16H19BrClNO. The number of furan rings is 1. The normalized spacial score (nSPS) is 12.6. The van der Waals surface area contributed by atoms with Gasteiger partial charge in [0, 0.05) is 10.0 Å². The molecule has 2 nitrogen and oxygen atoms in total. The van der Waals surface area contributed by atoms with Gasteiger partial charge in [0.25, 0.3) is 0 Å². The third-order valence-corrected chi connectivity index (χ3v) is 4.46. The summed E-state index contributed by atoms with van der Waals surface area (Å²) in [5.74, 6) is 1.83. The molecule has 1 aromatic heterocycles. The molecule has 1 N–H and O–H groups in total. The van der Waals surface area contributed by atoms with E-state index in [1.165, 1.54) is 0 Å². The van der Waals surface area contributed by atoms with Crippen LogP contribution in [-0.4, -0.2) is 6.54 Å². The minimum Gasteiger partial charge on any atom is -0.459 e. The molecule has 1 heterocycles. The topological polar surface area (TPSA) is 25.2 Å². The molecule has 0 aliphatic carbocycles. The number of rotatable bonds is 6. The molecule has 1 aromatic carbocycles. The Morgan fingerprint density at radius 2 is 2.05 bits per heavy atom. The lowest BCUT2D eigenvalue weighted by Gasteiger charge is -2.13. The van der Waals surface area contributed by atoms with Gasteiger partial charge in [-0.05, 0) is 59.6 Å². The molecule has 0 aliphatic rings. The van der Waals surface area contributed by atoms with Crippen LogP contribution in [0, 0.1) is 0 Å². The Bertz CT molecular complexity index is 567. The highest BCUT2D eigenvalue weighted by atomic mass is 79.9. The van der Waals surface area contributed by atoms with E-state index in [9.17, 15) is 0 Å². The molecule has 20 heavy (non-hydrogen) atoms. The van der Waals surface area contributed by atoms with Crippen molar-refractivity contribution in [1.82, 2.24) is 5.32 Å². The van der Waals surface area contributed by atoms with Crippen LogP contribution in [0.1, 0.15) is 38.5 Å². The second kappa shape index (κ2) is 7.30. The molecule has 0 aliphatic heterocycles. The van der Waals surface area contributed by atoms with Crippen LogP contribution in [0.15, 0.2) is 39.2 Å². The van der Waals surface area contributed by atoms with Crippen LogP contribution >= 0.6 is 27.5 Å². The van der Waals surface area contributed by atoms with Gasteiger partial charge >= 0.3 is 0 Å². The minimum atomic E-state index is 0.273. The zero-order chi connectivity index (χ0) is 14.5. The van der Waals surface area contributed by atoms with Crippen molar-refractivity contribution in [2.75, 3.05) is 6.54 Å². The fourth-order valence-electron chi connectivity index (χ4n) is 2.11. The van der Waals surface area contributed by atoms with E-state index in [1.807, 2.05) is 30.3 Å². The SMILES string of the molecule is CCCNC(CC)c1ccc(-c2ccc(Br)c(Cl)c2)o1. The second-order valence-electron chi connectivity index (χ2n) is 4.75. The summed E-state index contributed by atoms with van der Waals surface area (Å²) in [6.07, 6.45) is 2.13. The highest BCUT2D eigenvalue weighted by Crippen LogP contribution is 2.31. The molecule has 0 saturated heterocycles. The number of nitrogens with one attached hydrogen (secondary N) is 1. The lowest BCUT2D eigenvalue weighted by Crippen LogP contribution is -2.20. The van der Waals surface area contributed by atoms with Crippen molar-refractivity contribution in [3.63, 3.8) is 0 Å². The van der Waals surface area contributed by atoms with Gasteiger partial charge in [0.1, 0.15) is 11.5 Å². The lowest BCUT2D eigenvalue weighted by atomic mass is 10.1. The first-order valence-electron chi connectivity index (χ1n) is 6.94. The predicted octanol–water partition coefficient (Wildman–Crippen LogP) is 5.81. The van der Waals surface area contributed by atoms with Gasteiger partial charge in [-0.2, -0.15) is 0 Å². The van der Waals surface area contributed by atoms with Gasteiger partial charge in [-0.15, -0.1) is 0 Å². The molecule has 0 spiro atoms. The summed E-state index contributed by atoms with van der Waals surface area (Å²) in [5.41, 5.74) is 0.995. The van der Waals surface area contributed by atoms with Gasteiger partial charge in [-0.3, -0.25) is 0 Å². The molecule has 4 heteroatoms. The quantitative estimate of drug-likeness (QED) is 0.706. The Balaban J connectivity index is 2.20. The first-order chi connectivity index (χ1) is 9.65. The van der Waals surface area contributed by atoms with Crippen LogP contribution in [-0.2, 0) is 0 Å². The lowest BCUT2D eigenvalue weighted by molar-refractivity contribution is 0.411. The molecule has 2 aromatic rings. The van der Waals surface area contributed by atoms with Crippen LogP contribution in [0.4, 0.5) is 0 Å². The number of hydrogen-bond donors (Lipinski definition) is 1. The van der Waals surface area contributed by atoms with Crippen molar-refractivity contribution in [2.24, 2.45) is 0 Å².